The van der Waals surface area contributed by atoms with Gasteiger partial charge < -0.3 is 15.0 Å². The number of nitrogens with zero attached hydrogens (tertiary/aromatic N) is 2. The molecular formula is C32H39Cl2N3O5S. The topological polar surface area (TPSA) is 96.0 Å². The van der Waals surface area contributed by atoms with Crippen LogP contribution in [0.2, 0.25) is 10.0 Å². The molecule has 8 nitrogen and oxygen atoms in total. The molecule has 2 amide bonds. The highest BCUT2D eigenvalue weighted by Gasteiger charge is 2.32. The standard InChI is InChI=1S/C32H39Cl2N3O5S/c1-32(2,3)35-31(39)29(20-23-11-7-6-8-12-23)36(22-24-13-9-14-26(19-24)42-4)30(38)15-10-18-37(43(5,40)41)28-21-25(33)16-17-27(28)34/h6-9,11-14,16-17,19,21,29H,10,15,18,20,22H2,1-5H3,(H,35,39)/t29-/m0/s1. The van der Waals surface area contributed by atoms with Crippen LogP contribution in [0.15, 0.2) is 72.8 Å². The zero-order chi connectivity index (χ0) is 31.8. The lowest BCUT2D eigenvalue weighted by atomic mass is 10.00. The Morgan fingerprint density at radius 3 is 2.26 bits per heavy atom. The van der Waals surface area contributed by atoms with Crippen molar-refractivity contribution < 1.29 is 22.7 Å². The van der Waals surface area contributed by atoms with E-state index in [1.807, 2.05) is 75.4 Å². The summed E-state index contributed by atoms with van der Waals surface area (Å²) in [6.07, 6.45) is 1.55. The minimum atomic E-state index is -3.74. The van der Waals surface area contributed by atoms with Gasteiger partial charge in [-0.3, -0.25) is 13.9 Å². The van der Waals surface area contributed by atoms with Crippen molar-refractivity contribution in [1.29, 1.82) is 0 Å². The van der Waals surface area contributed by atoms with Gasteiger partial charge in [0.05, 0.1) is 24.1 Å². The number of carbonyl (C=O) groups is 2. The Kier molecular flexibility index (Phi) is 11.9. The first kappa shape index (κ1) is 34.2. The van der Waals surface area contributed by atoms with E-state index in [0.29, 0.717) is 17.2 Å². The van der Waals surface area contributed by atoms with E-state index in [4.69, 9.17) is 27.9 Å². The van der Waals surface area contributed by atoms with Gasteiger partial charge in [0.2, 0.25) is 21.8 Å². The van der Waals surface area contributed by atoms with Crippen molar-refractivity contribution in [1.82, 2.24) is 10.2 Å². The fourth-order valence-corrected chi connectivity index (χ4v) is 6.04. The van der Waals surface area contributed by atoms with E-state index in [1.165, 1.54) is 12.1 Å². The fourth-order valence-electron chi connectivity index (χ4n) is 4.63. The molecule has 0 unspecified atom stereocenters. The number of carbonyl (C=O) groups excluding carboxylic acids is 2. The van der Waals surface area contributed by atoms with Crippen molar-refractivity contribution in [3.63, 3.8) is 0 Å². The summed E-state index contributed by atoms with van der Waals surface area (Å²) in [5.41, 5.74) is 1.41. The molecule has 232 valence electrons. The molecule has 1 N–H and O–H groups in total. The second kappa shape index (κ2) is 14.9. The third-order valence-corrected chi connectivity index (χ3v) is 8.32. The van der Waals surface area contributed by atoms with Crippen LogP contribution in [-0.2, 0) is 32.6 Å². The van der Waals surface area contributed by atoms with Crippen molar-refractivity contribution in [2.75, 3.05) is 24.2 Å². The lowest BCUT2D eigenvalue weighted by Crippen LogP contribution is -2.54. The third kappa shape index (κ3) is 10.4. The van der Waals surface area contributed by atoms with Gasteiger partial charge >= 0.3 is 0 Å². The van der Waals surface area contributed by atoms with Crippen LogP contribution in [0, 0.1) is 0 Å². The molecule has 0 aromatic heterocycles. The molecule has 3 aromatic carbocycles. The molecule has 0 spiro atoms. The van der Waals surface area contributed by atoms with E-state index < -0.39 is 21.6 Å². The van der Waals surface area contributed by atoms with Gasteiger partial charge in [-0.05, 0) is 68.7 Å². The highest BCUT2D eigenvalue weighted by atomic mass is 35.5. The Labute approximate surface area is 265 Å². The van der Waals surface area contributed by atoms with Crippen molar-refractivity contribution >= 4 is 50.7 Å². The van der Waals surface area contributed by atoms with Crippen LogP contribution >= 0.6 is 23.2 Å². The van der Waals surface area contributed by atoms with Gasteiger partial charge in [0.1, 0.15) is 11.8 Å². The predicted octanol–water partition coefficient (Wildman–Crippen LogP) is 6.10. The Morgan fingerprint density at radius 2 is 1.63 bits per heavy atom. The number of methoxy groups -OCH3 is 1. The van der Waals surface area contributed by atoms with Crippen LogP contribution < -0.4 is 14.4 Å². The Morgan fingerprint density at radius 1 is 0.953 bits per heavy atom. The van der Waals surface area contributed by atoms with Crippen molar-refractivity contribution in [3.05, 3.63) is 94.0 Å². The number of amides is 2. The van der Waals surface area contributed by atoms with Gasteiger partial charge in [-0.15, -0.1) is 0 Å². The molecule has 0 aliphatic heterocycles. The largest absolute Gasteiger partial charge is 0.497 e. The monoisotopic (exact) mass is 647 g/mol. The molecule has 0 bridgehead atoms. The summed E-state index contributed by atoms with van der Waals surface area (Å²) in [6, 6.07) is 20.6. The summed E-state index contributed by atoms with van der Waals surface area (Å²) in [6.45, 7) is 5.81. The summed E-state index contributed by atoms with van der Waals surface area (Å²) in [5, 5.41) is 3.60. The molecular weight excluding hydrogens is 609 g/mol. The van der Waals surface area contributed by atoms with E-state index in [9.17, 15) is 18.0 Å². The summed E-state index contributed by atoms with van der Waals surface area (Å²) in [5.74, 6) is 0.0559. The van der Waals surface area contributed by atoms with Crippen LogP contribution in [0.1, 0.15) is 44.7 Å². The quantitative estimate of drug-likeness (QED) is 0.242. The zero-order valence-electron chi connectivity index (χ0n) is 25.1. The van der Waals surface area contributed by atoms with Gasteiger partial charge in [0, 0.05) is 36.5 Å². The fraction of sp³-hybridized carbons (Fsp3) is 0.375. The average Bonchev–Trinajstić information content (AvgIpc) is 2.93. The maximum Gasteiger partial charge on any atom is 0.243 e. The van der Waals surface area contributed by atoms with Crippen molar-refractivity contribution in [3.8, 4) is 5.75 Å². The summed E-state index contributed by atoms with van der Waals surface area (Å²) >= 11 is 12.4. The maximum absolute atomic E-state index is 14.0. The molecule has 0 fully saturated rings. The smallest absolute Gasteiger partial charge is 0.243 e. The molecule has 3 rings (SSSR count). The van der Waals surface area contributed by atoms with Crippen LogP contribution in [0.3, 0.4) is 0 Å². The first-order chi connectivity index (χ1) is 20.2. The van der Waals surface area contributed by atoms with Crippen LogP contribution in [-0.4, -0.2) is 56.6 Å². The Hall–Kier alpha value is -3.27. The number of hydrogen-bond donors (Lipinski definition) is 1. The lowest BCUT2D eigenvalue weighted by Gasteiger charge is -2.34. The first-order valence-corrected chi connectivity index (χ1v) is 16.5. The molecule has 3 aromatic rings. The number of benzene rings is 3. The number of rotatable bonds is 13. The second-order valence-electron chi connectivity index (χ2n) is 11.4. The molecule has 43 heavy (non-hydrogen) atoms. The number of anilines is 1. The van der Waals surface area contributed by atoms with Crippen LogP contribution in [0.25, 0.3) is 0 Å². The minimum Gasteiger partial charge on any atom is -0.497 e. The Bertz CT molecular complexity index is 1510. The number of ether oxygens (including phenoxy) is 1. The van der Waals surface area contributed by atoms with Crippen molar-refractivity contribution in [2.45, 2.75) is 58.2 Å². The summed E-state index contributed by atoms with van der Waals surface area (Å²) in [7, 11) is -2.17. The van der Waals surface area contributed by atoms with E-state index >= 15 is 0 Å². The number of nitrogens with one attached hydrogen (secondary N) is 1. The Balaban J connectivity index is 1.94. The molecule has 0 radical (unpaired) electrons. The second-order valence-corrected chi connectivity index (χ2v) is 14.1. The van der Waals surface area contributed by atoms with Gasteiger partial charge in [0.25, 0.3) is 0 Å². The molecule has 0 aliphatic rings. The van der Waals surface area contributed by atoms with E-state index in [2.05, 4.69) is 5.32 Å². The number of hydrogen-bond acceptors (Lipinski definition) is 5. The third-order valence-electron chi connectivity index (χ3n) is 6.59. The lowest BCUT2D eigenvalue weighted by molar-refractivity contribution is -0.142. The zero-order valence-corrected chi connectivity index (χ0v) is 27.5. The first-order valence-electron chi connectivity index (χ1n) is 13.9. The van der Waals surface area contributed by atoms with Gasteiger partial charge in [-0.1, -0.05) is 65.7 Å². The maximum atomic E-state index is 14.0. The molecule has 1 atom stereocenters. The number of halogens is 2. The van der Waals surface area contributed by atoms with E-state index in [-0.39, 0.29) is 48.5 Å². The van der Waals surface area contributed by atoms with Crippen LogP contribution in [0.5, 0.6) is 5.75 Å². The number of sulfonamides is 1. The predicted molar refractivity (Wildman–Crippen MR) is 173 cm³/mol. The minimum absolute atomic E-state index is 0.00479. The molecule has 0 aliphatic carbocycles. The molecule has 0 heterocycles. The highest BCUT2D eigenvalue weighted by Crippen LogP contribution is 2.31. The van der Waals surface area contributed by atoms with Gasteiger partial charge in [0.15, 0.2) is 0 Å². The van der Waals surface area contributed by atoms with Gasteiger partial charge in [-0.25, -0.2) is 8.42 Å². The summed E-state index contributed by atoms with van der Waals surface area (Å²) < 4.78 is 31.9. The van der Waals surface area contributed by atoms with Crippen molar-refractivity contribution in [2.24, 2.45) is 0 Å². The van der Waals surface area contributed by atoms with E-state index in [0.717, 1.165) is 21.7 Å². The van der Waals surface area contributed by atoms with Crippen LogP contribution in [0.4, 0.5) is 5.69 Å². The molecule has 11 heteroatoms. The normalized spacial score (nSPS) is 12.3. The molecule has 0 saturated heterocycles. The van der Waals surface area contributed by atoms with Gasteiger partial charge in [-0.2, -0.15) is 0 Å². The molecule has 0 saturated carbocycles. The average molecular weight is 649 g/mol. The van der Waals surface area contributed by atoms with E-state index in [1.54, 1.807) is 18.1 Å². The highest BCUT2D eigenvalue weighted by molar-refractivity contribution is 7.92. The summed E-state index contributed by atoms with van der Waals surface area (Å²) in [4.78, 5) is 29.3. The SMILES string of the molecule is COc1cccc(CN(C(=O)CCCN(c2cc(Cl)ccc2Cl)S(C)(=O)=O)[C@@H](Cc2ccccc2)C(=O)NC(C)(C)C)c1.